The lowest BCUT2D eigenvalue weighted by atomic mass is 10.1. The van der Waals surface area contributed by atoms with Crippen molar-refractivity contribution >= 4 is 16.0 Å². The molecule has 17 heavy (non-hydrogen) atoms. The van der Waals surface area contributed by atoms with Crippen molar-refractivity contribution < 1.29 is 22.7 Å². The van der Waals surface area contributed by atoms with Crippen LogP contribution in [-0.2, 0) is 26.0 Å². The van der Waals surface area contributed by atoms with Gasteiger partial charge in [-0.2, -0.15) is 0 Å². The molecule has 0 bridgehead atoms. The number of primary sulfonamides is 1. The van der Waals surface area contributed by atoms with Gasteiger partial charge in [0.1, 0.15) is 10.6 Å². The van der Waals surface area contributed by atoms with E-state index in [1.165, 1.54) is 32.4 Å². The van der Waals surface area contributed by atoms with Crippen molar-refractivity contribution in [1.29, 1.82) is 0 Å². The summed E-state index contributed by atoms with van der Waals surface area (Å²) in [5.74, 6) is -0.315. The number of carbonyl (C=O) groups is 1. The van der Waals surface area contributed by atoms with Crippen LogP contribution in [-0.4, -0.2) is 28.6 Å². The van der Waals surface area contributed by atoms with Crippen molar-refractivity contribution in [1.82, 2.24) is 0 Å². The van der Waals surface area contributed by atoms with E-state index in [9.17, 15) is 13.2 Å². The lowest BCUT2D eigenvalue weighted by Gasteiger charge is -2.08. The van der Waals surface area contributed by atoms with Crippen molar-refractivity contribution in [2.24, 2.45) is 5.14 Å². The van der Waals surface area contributed by atoms with Gasteiger partial charge in [0.2, 0.25) is 10.0 Å². The minimum Gasteiger partial charge on any atom is -0.495 e. The molecule has 0 aliphatic carbocycles. The zero-order chi connectivity index (χ0) is 13.1. The maximum atomic E-state index is 11.2. The average Bonchev–Trinajstić information content (AvgIpc) is 2.27. The number of hydrogen-bond acceptors (Lipinski definition) is 5. The summed E-state index contributed by atoms with van der Waals surface area (Å²) in [5.41, 5.74) is 0.584. The first-order valence-corrected chi connectivity index (χ1v) is 6.19. The molecule has 0 aromatic heterocycles. The molecule has 6 nitrogen and oxygen atoms in total. The minimum atomic E-state index is -3.84. The highest BCUT2D eigenvalue weighted by molar-refractivity contribution is 7.89. The summed E-state index contributed by atoms with van der Waals surface area (Å²) in [7, 11) is -1.24. The fraction of sp³-hybridized carbons (Fsp3) is 0.300. The molecular formula is C10H13NO5S. The zero-order valence-corrected chi connectivity index (χ0v) is 10.3. The van der Waals surface area contributed by atoms with Crippen LogP contribution in [0.2, 0.25) is 0 Å². The van der Waals surface area contributed by atoms with E-state index in [2.05, 4.69) is 4.74 Å². The molecule has 0 aliphatic heterocycles. The molecule has 0 amide bonds. The molecule has 0 atom stereocenters. The largest absolute Gasteiger partial charge is 0.495 e. The smallest absolute Gasteiger partial charge is 0.309 e. The third-order valence-electron chi connectivity index (χ3n) is 2.11. The van der Waals surface area contributed by atoms with Gasteiger partial charge in [0.15, 0.2) is 0 Å². The Morgan fingerprint density at radius 2 is 2.00 bits per heavy atom. The maximum absolute atomic E-state index is 11.2. The van der Waals surface area contributed by atoms with Crippen molar-refractivity contribution in [3.8, 4) is 5.75 Å². The van der Waals surface area contributed by atoms with E-state index < -0.39 is 16.0 Å². The Morgan fingerprint density at radius 1 is 1.35 bits per heavy atom. The Morgan fingerprint density at radius 3 is 2.47 bits per heavy atom. The van der Waals surface area contributed by atoms with Gasteiger partial charge in [-0.3, -0.25) is 4.79 Å². The van der Waals surface area contributed by atoms with E-state index in [-0.39, 0.29) is 17.1 Å². The van der Waals surface area contributed by atoms with Crippen LogP contribution in [0.5, 0.6) is 5.75 Å². The highest BCUT2D eigenvalue weighted by atomic mass is 32.2. The number of nitrogens with two attached hydrogens (primary N) is 1. The summed E-state index contributed by atoms with van der Waals surface area (Å²) in [6.07, 6.45) is 0.0394. The summed E-state index contributed by atoms with van der Waals surface area (Å²) in [6, 6.07) is 4.22. The Kier molecular flexibility index (Phi) is 4.08. The lowest BCUT2D eigenvalue weighted by Crippen LogP contribution is -2.14. The number of ether oxygens (including phenoxy) is 2. The summed E-state index contributed by atoms with van der Waals surface area (Å²) >= 11 is 0. The topological polar surface area (TPSA) is 95.7 Å². The number of methoxy groups -OCH3 is 2. The Bertz CT molecular complexity index is 523. The van der Waals surface area contributed by atoms with E-state index in [1.54, 1.807) is 0 Å². The molecule has 1 aromatic rings. The zero-order valence-electron chi connectivity index (χ0n) is 9.47. The number of esters is 1. The first kappa shape index (κ1) is 13.5. The third-order valence-corrected chi connectivity index (χ3v) is 3.06. The standard InChI is InChI=1S/C10H13NO5S/c1-15-8-5-7(6-10(12)16-2)3-4-9(8)17(11,13)14/h3-5H,6H2,1-2H3,(H2,11,13,14). The molecule has 0 saturated carbocycles. The van der Waals surface area contributed by atoms with E-state index >= 15 is 0 Å². The predicted molar refractivity (Wildman–Crippen MR) is 60.1 cm³/mol. The fourth-order valence-electron chi connectivity index (χ4n) is 1.30. The van der Waals surface area contributed by atoms with Gasteiger partial charge in [0.05, 0.1) is 20.6 Å². The van der Waals surface area contributed by atoms with Crippen LogP contribution in [0.25, 0.3) is 0 Å². The van der Waals surface area contributed by atoms with Crippen LogP contribution in [0.15, 0.2) is 23.1 Å². The lowest BCUT2D eigenvalue weighted by molar-refractivity contribution is -0.139. The van der Waals surface area contributed by atoms with Gasteiger partial charge >= 0.3 is 5.97 Å². The van der Waals surface area contributed by atoms with Crippen LogP contribution in [0.1, 0.15) is 5.56 Å². The first-order valence-electron chi connectivity index (χ1n) is 4.65. The molecule has 0 aliphatic rings. The molecule has 0 unspecified atom stereocenters. The Balaban J connectivity index is 3.14. The Labute approximate surface area is 99.4 Å². The minimum absolute atomic E-state index is 0.0394. The van der Waals surface area contributed by atoms with Crippen LogP contribution in [0.4, 0.5) is 0 Å². The number of rotatable bonds is 4. The van der Waals surface area contributed by atoms with E-state index in [1.807, 2.05) is 0 Å². The number of benzene rings is 1. The van der Waals surface area contributed by atoms with Crippen LogP contribution < -0.4 is 9.88 Å². The van der Waals surface area contributed by atoms with Crippen LogP contribution in [0, 0.1) is 0 Å². The van der Waals surface area contributed by atoms with Gasteiger partial charge in [0, 0.05) is 0 Å². The SMILES string of the molecule is COC(=O)Cc1ccc(S(N)(=O)=O)c(OC)c1. The molecule has 0 saturated heterocycles. The summed E-state index contributed by atoms with van der Waals surface area (Å²) in [6.45, 7) is 0. The van der Waals surface area contributed by atoms with Crippen molar-refractivity contribution in [2.75, 3.05) is 14.2 Å². The summed E-state index contributed by atoms with van der Waals surface area (Å²) in [4.78, 5) is 10.9. The monoisotopic (exact) mass is 259 g/mol. The molecule has 0 heterocycles. The van der Waals surface area contributed by atoms with Gasteiger partial charge in [-0.1, -0.05) is 6.07 Å². The number of sulfonamides is 1. The fourth-order valence-corrected chi connectivity index (χ4v) is 1.98. The number of hydrogen-bond donors (Lipinski definition) is 1. The van der Waals surface area contributed by atoms with Gasteiger partial charge in [-0.05, 0) is 17.7 Å². The average molecular weight is 259 g/mol. The maximum Gasteiger partial charge on any atom is 0.309 e. The molecule has 0 radical (unpaired) electrons. The van der Waals surface area contributed by atoms with E-state index in [0.29, 0.717) is 5.56 Å². The highest BCUT2D eigenvalue weighted by Crippen LogP contribution is 2.24. The molecule has 1 aromatic carbocycles. The first-order chi connectivity index (χ1) is 7.88. The van der Waals surface area contributed by atoms with E-state index in [4.69, 9.17) is 9.88 Å². The second-order valence-corrected chi connectivity index (χ2v) is 4.81. The van der Waals surface area contributed by atoms with Gasteiger partial charge < -0.3 is 9.47 Å². The molecule has 94 valence electrons. The van der Waals surface area contributed by atoms with Gasteiger partial charge in [-0.15, -0.1) is 0 Å². The summed E-state index contributed by atoms with van der Waals surface area (Å²) < 4.78 is 31.8. The van der Waals surface area contributed by atoms with Crippen LogP contribution in [0.3, 0.4) is 0 Å². The number of carbonyl (C=O) groups excluding carboxylic acids is 1. The van der Waals surface area contributed by atoms with Crippen molar-refractivity contribution in [3.63, 3.8) is 0 Å². The predicted octanol–water partition coefficient (Wildman–Crippen LogP) is 0.0581. The molecule has 0 fully saturated rings. The molecular weight excluding hydrogens is 246 g/mol. The Hall–Kier alpha value is -1.60. The van der Waals surface area contributed by atoms with Crippen LogP contribution >= 0.6 is 0 Å². The molecule has 0 spiro atoms. The highest BCUT2D eigenvalue weighted by Gasteiger charge is 2.16. The third kappa shape index (κ3) is 3.43. The van der Waals surface area contributed by atoms with Crippen molar-refractivity contribution in [3.05, 3.63) is 23.8 Å². The second kappa shape index (κ2) is 5.15. The van der Waals surface area contributed by atoms with Gasteiger partial charge in [0.25, 0.3) is 0 Å². The van der Waals surface area contributed by atoms with E-state index in [0.717, 1.165) is 0 Å². The molecule has 1 rings (SSSR count). The van der Waals surface area contributed by atoms with Crippen molar-refractivity contribution in [2.45, 2.75) is 11.3 Å². The summed E-state index contributed by atoms with van der Waals surface area (Å²) in [5, 5.41) is 5.01. The second-order valence-electron chi connectivity index (χ2n) is 3.28. The molecule has 2 N–H and O–H groups in total. The quantitative estimate of drug-likeness (QED) is 0.771. The van der Waals surface area contributed by atoms with Gasteiger partial charge in [-0.25, -0.2) is 13.6 Å². The normalized spacial score (nSPS) is 11.0. The molecule has 7 heteroatoms.